The predicted octanol–water partition coefficient (Wildman–Crippen LogP) is 2.46. The van der Waals surface area contributed by atoms with E-state index in [4.69, 9.17) is 0 Å². The van der Waals surface area contributed by atoms with Crippen molar-refractivity contribution in [3.63, 3.8) is 0 Å². The van der Waals surface area contributed by atoms with Gasteiger partial charge in [0.1, 0.15) is 6.33 Å². The number of fused-ring (bicyclic) bond motifs is 1. The second kappa shape index (κ2) is 5.58. The second-order valence-electron chi connectivity index (χ2n) is 4.98. The highest BCUT2D eigenvalue weighted by Crippen LogP contribution is 2.28. The summed E-state index contributed by atoms with van der Waals surface area (Å²) in [4.78, 5) is 9.00. The summed E-state index contributed by atoms with van der Waals surface area (Å²) in [5.41, 5.74) is 4.00. The summed E-state index contributed by atoms with van der Waals surface area (Å²) in [6.45, 7) is 4.51. The lowest BCUT2D eigenvalue weighted by Gasteiger charge is -2.26. The van der Waals surface area contributed by atoms with Crippen molar-refractivity contribution in [2.24, 2.45) is 0 Å². The fourth-order valence-corrected chi connectivity index (χ4v) is 2.94. The molecule has 0 spiro atoms. The first kappa shape index (κ1) is 12.5. The van der Waals surface area contributed by atoms with Crippen molar-refractivity contribution in [3.8, 4) is 0 Å². The van der Waals surface area contributed by atoms with Crippen molar-refractivity contribution >= 4 is 0 Å². The first-order valence-corrected chi connectivity index (χ1v) is 6.77. The Kier molecular flexibility index (Phi) is 4.11. The molecular weight excluding hydrogens is 210 g/mol. The van der Waals surface area contributed by atoms with E-state index in [9.17, 15) is 0 Å². The van der Waals surface area contributed by atoms with Crippen LogP contribution in [0.25, 0.3) is 0 Å². The highest BCUT2D eigenvalue weighted by molar-refractivity contribution is 5.30. The van der Waals surface area contributed by atoms with Gasteiger partial charge < -0.3 is 5.32 Å². The molecule has 0 fully saturated rings. The molecule has 2 atom stereocenters. The van der Waals surface area contributed by atoms with Crippen LogP contribution in [-0.4, -0.2) is 23.1 Å². The number of likely N-dealkylation sites (N-methyl/N-ethyl adjacent to an activating group) is 1. The lowest BCUT2D eigenvalue weighted by atomic mass is 9.87. The standard InChI is InChI=1S/C14H23N3/c1-4-12(15-3)10(2)14-11-7-5-6-8-13(11)16-9-17-14/h9-10,12,15H,4-8H2,1-3H3. The summed E-state index contributed by atoms with van der Waals surface area (Å²) in [6, 6.07) is 0.510. The van der Waals surface area contributed by atoms with E-state index < -0.39 is 0 Å². The molecule has 0 aromatic carbocycles. The van der Waals surface area contributed by atoms with Crippen LogP contribution in [0.3, 0.4) is 0 Å². The summed E-state index contributed by atoms with van der Waals surface area (Å²) in [5, 5.41) is 3.40. The van der Waals surface area contributed by atoms with Gasteiger partial charge in [-0.15, -0.1) is 0 Å². The Labute approximate surface area is 104 Å². The van der Waals surface area contributed by atoms with Crippen LogP contribution in [0.1, 0.15) is 56.0 Å². The molecule has 3 heteroatoms. The summed E-state index contributed by atoms with van der Waals surface area (Å²) in [6.07, 6.45) is 7.75. The SMILES string of the molecule is CCC(NC)C(C)c1ncnc2c1CCCC2. The van der Waals surface area contributed by atoms with E-state index in [0.29, 0.717) is 12.0 Å². The number of hydrogen-bond donors (Lipinski definition) is 1. The average Bonchev–Trinajstić information content (AvgIpc) is 2.39. The fourth-order valence-electron chi connectivity index (χ4n) is 2.94. The minimum absolute atomic E-state index is 0.472. The van der Waals surface area contributed by atoms with Gasteiger partial charge in [-0.25, -0.2) is 9.97 Å². The summed E-state index contributed by atoms with van der Waals surface area (Å²) in [7, 11) is 2.04. The number of aromatic nitrogens is 2. The van der Waals surface area contributed by atoms with E-state index in [0.717, 1.165) is 19.3 Å². The van der Waals surface area contributed by atoms with Gasteiger partial charge in [0, 0.05) is 17.7 Å². The van der Waals surface area contributed by atoms with Gasteiger partial charge in [0.2, 0.25) is 0 Å². The lowest BCUT2D eigenvalue weighted by molar-refractivity contribution is 0.459. The molecule has 94 valence electrons. The smallest absolute Gasteiger partial charge is 0.115 e. The maximum absolute atomic E-state index is 4.56. The third kappa shape index (κ3) is 2.49. The van der Waals surface area contributed by atoms with Gasteiger partial charge in [-0.05, 0) is 44.7 Å². The molecule has 0 amide bonds. The molecule has 1 aromatic heterocycles. The number of aryl methyl sites for hydroxylation is 1. The van der Waals surface area contributed by atoms with Gasteiger partial charge in [-0.1, -0.05) is 13.8 Å². The number of rotatable bonds is 4. The summed E-state index contributed by atoms with van der Waals surface area (Å²) >= 11 is 0. The predicted molar refractivity (Wildman–Crippen MR) is 70.2 cm³/mol. The Hall–Kier alpha value is -0.960. The van der Waals surface area contributed by atoms with Crippen LogP contribution in [0.4, 0.5) is 0 Å². The molecular formula is C14H23N3. The largest absolute Gasteiger partial charge is 0.316 e. The average molecular weight is 233 g/mol. The molecule has 2 rings (SSSR count). The zero-order valence-electron chi connectivity index (χ0n) is 11.2. The van der Waals surface area contributed by atoms with E-state index in [1.807, 2.05) is 7.05 Å². The van der Waals surface area contributed by atoms with Crippen LogP contribution in [-0.2, 0) is 12.8 Å². The van der Waals surface area contributed by atoms with Gasteiger partial charge in [0.25, 0.3) is 0 Å². The molecule has 0 radical (unpaired) electrons. The van der Waals surface area contributed by atoms with Gasteiger partial charge in [0.05, 0.1) is 5.69 Å². The molecule has 2 unspecified atom stereocenters. The molecule has 0 bridgehead atoms. The number of nitrogens with one attached hydrogen (secondary N) is 1. The molecule has 1 aliphatic carbocycles. The van der Waals surface area contributed by atoms with Gasteiger partial charge in [-0.3, -0.25) is 0 Å². The van der Waals surface area contributed by atoms with Crippen LogP contribution in [0.5, 0.6) is 0 Å². The van der Waals surface area contributed by atoms with Crippen LogP contribution >= 0.6 is 0 Å². The highest BCUT2D eigenvalue weighted by atomic mass is 14.9. The van der Waals surface area contributed by atoms with Crippen LogP contribution in [0.2, 0.25) is 0 Å². The highest BCUT2D eigenvalue weighted by Gasteiger charge is 2.23. The maximum atomic E-state index is 4.56. The lowest BCUT2D eigenvalue weighted by Crippen LogP contribution is -2.31. The van der Waals surface area contributed by atoms with Crippen molar-refractivity contribution in [3.05, 3.63) is 23.3 Å². The van der Waals surface area contributed by atoms with Crippen molar-refractivity contribution in [1.82, 2.24) is 15.3 Å². The van der Waals surface area contributed by atoms with Gasteiger partial charge in [0.15, 0.2) is 0 Å². The zero-order chi connectivity index (χ0) is 12.3. The van der Waals surface area contributed by atoms with E-state index in [1.165, 1.54) is 29.8 Å². The third-order valence-electron chi connectivity index (χ3n) is 4.00. The van der Waals surface area contributed by atoms with Crippen LogP contribution in [0.15, 0.2) is 6.33 Å². The van der Waals surface area contributed by atoms with E-state index in [1.54, 1.807) is 6.33 Å². The molecule has 0 saturated heterocycles. The van der Waals surface area contributed by atoms with E-state index in [2.05, 4.69) is 29.1 Å². The first-order chi connectivity index (χ1) is 8.27. The van der Waals surface area contributed by atoms with Crippen molar-refractivity contribution in [2.75, 3.05) is 7.05 Å². The molecule has 1 N–H and O–H groups in total. The summed E-state index contributed by atoms with van der Waals surface area (Å²) < 4.78 is 0. The Morgan fingerprint density at radius 1 is 1.29 bits per heavy atom. The molecule has 0 saturated carbocycles. The van der Waals surface area contributed by atoms with Crippen molar-refractivity contribution < 1.29 is 0 Å². The van der Waals surface area contributed by atoms with Crippen LogP contribution in [0, 0.1) is 0 Å². The molecule has 1 heterocycles. The van der Waals surface area contributed by atoms with E-state index >= 15 is 0 Å². The molecule has 17 heavy (non-hydrogen) atoms. The Balaban J connectivity index is 2.31. The third-order valence-corrected chi connectivity index (χ3v) is 4.00. The topological polar surface area (TPSA) is 37.8 Å². The first-order valence-electron chi connectivity index (χ1n) is 6.77. The molecule has 1 aromatic rings. The minimum atomic E-state index is 0.472. The second-order valence-corrected chi connectivity index (χ2v) is 4.98. The monoisotopic (exact) mass is 233 g/mol. The molecule has 1 aliphatic rings. The maximum Gasteiger partial charge on any atom is 0.115 e. The van der Waals surface area contributed by atoms with Crippen molar-refractivity contribution in [2.45, 2.75) is 57.9 Å². The normalized spacial score (nSPS) is 18.5. The minimum Gasteiger partial charge on any atom is -0.316 e. The Bertz CT molecular complexity index is 372. The Morgan fingerprint density at radius 3 is 2.76 bits per heavy atom. The van der Waals surface area contributed by atoms with Crippen LogP contribution < -0.4 is 5.32 Å². The Morgan fingerprint density at radius 2 is 2.06 bits per heavy atom. The fraction of sp³-hybridized carbons (Fsp3) is 0.714. The zero-order valence-corrected chi connectivity index (χ0v) is 11.2. The molecule has 0 aliphatic heterocycles. The summed E-state index contributed by atoms with van der Waals surface area (Å²) in [5.74, 6) is 0.472. The van der Waals surface area contributed by atoms with E-state index in [-0.39, 0.29) is 0 Å². The molecule has 3 nitrogen and oxygen atoms in total. The van der Waals surface area contributed by atoms with Gasteiger partial charge in [-0.2, -0.15) is 0 Å². The van der Waals surface area contributed by atoms with Crippen molar-refractivity contribution in [1.29, 1.82) is 0 Å². The number of nitrogens with zero attached hydrogens (tertiary/aromatic N) is 2. The van der Waals surface area contributed by atoms with Gasteiger partial charge >= 0.3 is 0 Å². The quantitative estimate of drug-likeness (QED) is 0.868. The number of hydrogen-bond acceptors (Lipinski definition) is 3.